The molecule has 1 rings (SSSR count). The van der Waals surface area contributed by atoms with Crippen molar-refractivity contribution in [1.82, 2.24) is 4.90 Å². The number of aliphatic hydroxyl groups excluding tert-OH is 1. The average Bonchev–Trinajstić information content (AvgIpc) is 2.07. The van der Waals surface area contributed by atoms with E-state index in [-0.39, 0.29) is 0 Å². The van der Waals surface area contributed by atoms with E-state index in [0.29, 0.717) is 12.5 Å². The van der Waals surface area contributed by atoms with Gasteiger partial charge in [-0.1, -0.05) is 15.9 Å². The van der Waals surface area contributed by atoms with Gasteiger partial charge >= 0.3 is 0 Å². The lowest BCUT2D eigenvalue weighted by Gasteiger charge is -2.30. The maximum atomic E-state index is 8.88. The van der Waals surface area contributed by atoms with Crippen LogP contribution in [0, 0.1) is 5.92 Å². The van der Waals surface area contributed by atoms with E-state index >= 15 is 0 Å². The number of hydrogen-bond donors (Lipinski definition) is 1. The highest BCUT2D eigenvalue weighted by Crippen LogP contribution is 2.15. The van der Waals surface area contributed by atoms with E-state index in [1.54, 1.807) is 0 Å². The second-order valence-electron chi connectivity index (χ2n) is 3.16. The maximum absolute atomic E-state index is 8.88. The minimum atomic E-state index is 0.377. The Kier molecular flexibility index (Phi) is 4.41. The van der Waals surface area contributed by atoms with Crippen molar-refractivity contribution in [3.05, 3.63) is 0 Å². The van der Waals surface area contributed by atoms with Gasteiger partial charge in [0.05, 0.1) is 0 Å². The highest BCUT2D eigenvalue weighted by atomic mass is 79.9. The standard InChI is InChI=1S/C8H16BrNO/c9-3-6-10-4-1-8(7-11)2-5-10/h8,11H,1-7H2. The van der Waals surface area contributed by atoms with Crippen molar-refractivity contribution in [2.75, 3.05) is 31.6 Å². The molecular formula is C8H16BrNO. The van der Waals surface area contributed by atoms with Crippen LogP contribution in [-0.4, -0.2) is 41.6 Å². The third-order valence-corrected chi connectivity index (χ3v) is 2.72. The Morgan fingerprint density at radius 3 is 2.45 bits per heavy atom. The second kappa shape index (κ2) is 5.12. The fourth-order valence-electron chi connectivity index (χ4n) is 1.51. The first-order valence-corrected chi connectivity index (χ1v) is 5.38. The lowest BCUT2D eigenvalue weighted by atomic mass is 9.98. The van der Waals surface area contributed by atoms with Crippen molar-refractivity contribution in [3.63, 3.8) is 0 Å². The van der Waals surface area contributed by atoms with Crippen molar-refractivity contribution in [2.24, 2.45) is 5.92 Å². The zero-order valence-electron chi connectivity index (χ0n) is 6.80. The molecule has 1 heterocycles. The number of halogens is 1. The predicted octanol–water partition coefficient (Wildman–Crippen LogP) is 1.09. The SMILES string of the molecule is OCC1CCN(CCBr)CC1. The van der Waals surface area contributed by atoms with Crippen LogP contribution in [0.15, 0.2) is 0 Å². The Labute approximate surface area is 76.7 Å². The van der Waals surface area contributed by atoms with E-state index in [1.165, 1.54) is 12.8 Å². The van der Waals surface area contributed by atoms with Crippen LogP contribution < -0.4 is 0 Å². The second-order valence-corrected chi connectivity index (χ2v) is 3.95. The van der Waals surface area contributed by atoms with E-state index in [9.17, 15) is 0 Å². The summed E-state index contributed by atoms with van der Waals surface area (Å²) < 4.78 is 0. The molecule has 0 radical (unpaired) electrons. The Balaban J connectivity index is 2.14. The van der Waals surface area contributed by atoms with Gasteiger partial charge in [-0.15, -0.1) is 0 Å². The lowest BCUT2D eigenvalue weighted by Crippen LogP contribution is -2.35. The molecule has 0 unspecified atom stereocenters. The minimum Gasteiger partial charge on any atom is -0.396 e. The monoisotopic (exact) mass is 221 g/mol. The Morgan fingerprint density at radius 2 is 2.00 bits per heavy atom. The number of likely N-dealkylation sites (tertiary alicyclic amines) is 1. The lowest BCUT2D eigenvalue weighted by molar-refractivity contribution is 0.136. The van der Waals surface area contributed by atoms with Gasteiger partial charge in [0.15, 0.2) is 0 Å². The van der Waals surface area contributed by atoms with E-state index in [2.05, 4.69) is 20.8 Å². The fraction of sp³-hybridized carbons (Fsp3) is 1.00. The average molecular weight is 222 g/mol. The Morgan fingerprint density at radius 1 is 1.36 bits per heavy atom. The summed E-state index contributed by atoms with van der Waals surface area (Å²) >= 11 is 3.43. The molecule has 1 N–H and O–H groups in total. The minimum absolute atomic E-state index is 0.377. The van der Waals surface area contributed by atoms with Crippen molar-refractivity contribution >= 4 is 15.9 Å². The summed E-state index contributed by atoms with van der Waals surface area (Å²) in [6, 6.07) is 0. The van der Waals surface area contributed by atoms with Gasteiger partial charge in [-0.3, -0.25) is 0 Å². The normalized spacial score (nSPS) is 22.4. The smallest absolute Gasteiger partial charge is 0.0460 e. The van der Waals surface area contributed by atoms with Crippen LogP contribution in [-0.2, 0) is 0 Å². The first-order chi connectivity index (χ1) is 5.36. The van der Waals surface area contributed by atoms with Crippen molar-refractivity contribution < 1.29 is 5.11 Å². The van der Waals surface area contributed by atoms with E-state index in [4.69, 9.17) is 5.11 Å². The molecule has 1 aliphatic rings. The molecular weight excluding hydrogens is 206 g/mol. The molecule has 0 spiro atoms. The topological polar surface area (TPSA) is 23.5 Å². The van der Waals surface area contributed by atoms with Crippen LogP contribution in [0.1, 0.15) is 12.8 Å². The summed E-state index contributed by atoms with van der Waals surface area (Å²) in [6.07, 6.45) is 2.34. The summed E-state index contributed by atoms with van der Waals surface area (Å²) in [7, 11) is 0. The number of nitrogens with zero attached hydrogens (tertiary/aromatic N) is 1. The number of hydrogen-bond acceptors (Lipinski definition) is 2. The molecule has 66 valence electrons. The number of rotatable bonds is 3. The van der Waals surface area contributed by atoms with E-state index in [0.717, 1.165) is 25.0 Å². The summed E-state index contributed by atoms with van der Waals surface area (Å²) in [5, 5.41) is 9.95. The fourth-order valence-corrected chi connectivity index (χ4v) is 2.01. The summed E-state index contributed by atoms with van der Waals surface area (Å²) in [6.45, 7) is 3.86. The van der Waals surface area contributed by atoms with Gasteiger partial charge in [-0.05, 0) is 31.8 Å². The van der Waals surface area contributed by atoms with Crippen molar-refractivity contribution in [2.45, 2.75) is 12.8 Å². The van der Waals surface area contributed by atoms with Crippen LogP contribution in [0.3, 0.4) is 0 Å². The molecule has 0 aliphatic carbocycles. The first kappa shape index (κ1) is 9.49. The number of alkyl halides is 1. The molecule has 1 saturated heterocycles. The van der Waals surface area contributed by atoms with Crippen LogP contribution >= 0.6 is 15.9 Å². The molecule has 0 atom stereocenters. The number of piperidine rings is 1. The molecule has 2 nitrogen and oxygen atoms in total. The Hall–Kier alpha value is 0.400. The maximum Gasteiger partial charge on any atom is 0.0460 e. The molecule has 11 heavy (non-hydrogen) atoms. The first-order valence-electron chi connectivity index (χ1n) is 4.26. The highest BCUT2D eigenvalue weighted by Gasteiger charge is 2.17. The van der Waals surface area contributed by atoms with E-state index < -0.39 is 0 Å². The Bertz CT molecular complexity index is 102. The zero-order valence-corrected chi connectivity index (χ0v) is 8.39. The van der Waals surface area contributed by atoms with Gasteiger partial charge in [-0.25, -0.2) is 0 Å². The third kappa shape index (κ3) is 3.09. The van der Waals surface area contributed by atoms with Crippen LogP contribution in [0.4, 0.5) is 0 Å². The van der Waals surface area contributed by atoms with Crippen molar-refractivity contribution in [1.29, 1.82) is 0 Å². The highest BCUT2D eigenvalue weighted by molar-refractivity contribution is 9.09. The largest absolute Gasteiger partial charge is 0.396 e. The summed E-state index contributed by atoms with van der Waals surface area (Å²) in [4.78, 5) is 2.45. The van der Waals surface area contributed by atoms with Gasteiger partial charge in [0.1, 0.15) is 0 Å². The van der Waals surface area contributed by atoms with Gasteiger partial charge in [-0.2, -0.15) is 0 Å². The molecule has 1 aliphatic heterocycles. The molecule has 1 fully saturated rings. The quantitative estimate of drug-likeness (QED) is 0.722. The van der Waals surface area contributed by atoms with Crippen LogP contribution in [0.2, 0.25) is 0 Å². The summed E-state index contributed by atoms with van der Waals surface area (Å²) in [5.41, 5.74) is 0. The third-order valence-electron chi connectivity index (χ3n) is 2.37. The summed E-state index contributed by atoms with van der Waals surface area (Å²) in [5.74, 6) is 0.571. The molecule has 3 heteroatoms. The molecule has 0 aromatic heterocycles. The van der Waals surface area contributed by atoms with Gasteiger partial charge in [0, 0.05) is 18.5 Å². The van der Waals surface area contributed by atoms with Gasteiger partial charge in [0.2, 0.25) is 0 Å². The van der Waals surface area contributed by atoms with Crippen LogP contribution in [0.25, 0.3) is 0 Å². The van der Waals surface area contributed by atoms with Crippen molar-refractivity contribution in [3.8, 4) is 0 Å². The molecule has 0 aromatic rings. The molecule has 0 bridgehead atoms. The van der Waals surface area contributed by atoms with Crippen LogP contribution in [0.5, 0.6) is 0 Å². The molecule has 0 saturated carbocycles. The van der Waals surface area contributed by atoms with E-state index in [1.807, 2.05) is 0 Å². The molecule has 0 amide bonds. The zero-order chi connectivity index (χ0) is 8.10. The number of aliphatic hydroxyl groups is 1. The molecule has 0 aromatic carbocycles. The predicted molar refractivity (Wildman–Crippen MR) is 50.0 cm³/mol. The van der Waals surface area contributed by atoms with Gasteiger partial charge < -0.3 is 10.0 Å². The van der Waals surface area contributed by atoms with Gasteiger partial charge in [0.25, 0.3) is 0 Å².